The molecule has 1 fully saturated rings. The van der Waals surface area contributed by atoms with Crippen LogP contribution in [0.4, 0.5) is 0 Å². The SMILES string of the molecule is Cc1ccccc1OCc1nnc(SCC(=O)NC[C@H]2CCCO2)n1-c1ccccc1. The molecule has 7 nitrogen and oxygen atoms in total. The van der Waals surface area contributed by atoms with E-state index in [9.17, 15) is 4.79 Å². The first kappa shape index (κ1) is 21.4. The first-order chi connectivity index (χ1) is 15.2. The van der Waals surface area contributed by atoms with Gasteiger partial charge < -0.3 is 14.8 Å². The molecule has 0 saturated carbocycles. The van der Waals surface area contributed by atoms with Gasteiger partial charge in [0.25, 0.3) is 0 Å². The van der Waals surface area contributed by atoms with E-state index in [1.54, 1.807) is 0 Å². The molecular formula is C23H26N4O3S. The molecule has 2 aromatic carbocycles. The van der Waals surface area contributed by atoms with Gasteiger partial charge in [-0.2, -0.15) is 0 Å². The summed E-state index contributed by atoms with van der Waals surface area (Å²) in [6.07, 6.45) is 2.19. The third kappa shape index (κ3) is 5.65. The van der Waals surface area contributed by atoms with Crippen LogP contribution in [0.2, 0.25) is 0 Å². The smallest absolute Gasteiger partial charge is 0.230 e. The van der Waals surface area contributed by atoms with Crippen LogP contribution >= 0.6 is 11.8 Å². The predicted octanol–water partition coefficient (Wildman–Crippen LogP) is 3.54. The molecule has 1 N–H and O–H groups in total. The summed E-state index contributed by atoms with van der Waals surface area (Å²) in [7, 11) is 0. The number of aryl methyl sites for hydroxylation is 1. The molecule has 8 heteroatoms. The van der Waals surface area contributed by atoms with Crippen LogP contribution in [0.3, 0.4) is 0 Å². The molecule has 0 spiro atoms. The minimum Gasteiger partial charge on any atom is -0.485 e. The van der Waals surface area contributed by atoms with E-state index in [0.29, 0.717) is 17.5 Å². The van der Waals surface area contributed by atoms with Gasteiger partial charge in [-0.3, -0.25) is 9.36 Å². The van der Waals surface area contributed by atoms with Gasteiger partial charge in [-0.05, 0) is 43.5 Å². The summed E-state index contributed by atoms with van der Waals surface area (Å²) < 4.78 is 13.5. The Labute approximate surface area is 186 Å². The van der Waals surface area contributed by atoms with E-state index >= 15 is 0 Å². The van der Waals surface area contributed by atoms with Crippen LogP contribution in [0, 0.1) is 6.92 Å². The molecule has 1 atom stereocenters. The molecule has 0 aliphatic carbocycles. The van der Waals surface area contributed by atoms with E-state index in [1.807, 2.05) is 66.1 Å². The summed E-state index contributed by atoms with van der Waals surface area (Å²) >= 11 is 1.36. The minimum atomic E-state index is -0.0409. The van der Waals surface area contributed by atoms with Crippen LogP contribution < -0.4 is 10.1 Å². The number of nitrogens with one attached hydrogen (secondary N) is 1. The van der Waals surface area contributed by atoms with Crippen molar-refractivity contribution >= 4 is 17.7 Å². The Morgan fingerprint density at radius 1 is 1.19 bits per heavy atom. The molecule has 1 aliphatic heterocycles. The van der Waals surface area contributed by atoms with Gasteiger partial charge in [-0.15, -0.1) is 10.2 Å². The Kier molecular flexibility index (Phi) is 7.22. The summed E-state index contributed by atoms with van der Waals surface area (Å²) in [6, 6.07) is 17.7. The van der Waals surface area contributed by atoms with Crippen molar-refractivity contribution < 1.29 is 14.3 Å². The molecule has 1 amide bonds. The number of nitrogens with zero attached hydrogens (tertiary/aromatic N) is 3. The fourth-order valence-corrected chi connectivity index (χ4v) is 4.20. The number of aromatic nitrogens is 3. The van der Waals surface area contributed by atoms with Crippen LogP contribution in [-0.4, -0.2) is 45.7 Å². The maximum atomic E-state index is 12.3. The van der Waals surface area contributed by atoms with Gasteiger partial charge in [-0.25, -0.2) is 0 Å². The van der Waals surface area contributed by atoms with E-state index < -0.39 is 0 Å². The second-order valence-corrected chi connectivity index (χ2v) is 8.29. The molecule has 0 unspecified atom stereocenters. The van der Waals surface area contributed by atoms with Gasteiger partial charge in [0, 0.05) is 18.8 Å². The molecule has 0 bridgehead atoms. The Balaban J connectivity index is 1.44. The maximum Gasteiger partial charge on any atom is 0.230 e. The zero-order valence-electron chi connectivity index (χ0n) is 17.5. The number of amides is 1. The average molecular weight is 439 g/mol. The minimum absolute atomic E-state index is 0.0409. The third-order valence-electron chi connectivity index (χ3n) is 5.05. The van der Waals surface area contributed by atoms with Crippen molar-refractivity contribution in [3.05, 3.63) is 66.0 Å². The predicted molar refractivity (Wildman–Crippen MR) is 120 cm³/mol. The number of hydrogen-bond acceptors (Lipinski definition) is 6. The largest absolute Gasteiger partial charge is 0.485 e. The van der Waals surface area contributed by atoms with Crippen molar-refractivity contribution in [2.45, 2.75) is 37.6 Å². The lowest BCUT2D eigenvalue weighted by Crippen LogP contribution is -2.32. The number of carbonyl (C=O) groups is 1. The Morgan fingerprint density at radius 3 is 2.77 bits per heavy atom. The van der Waals surface area contributed by atoms with Crippen LogP contribution in [0.15, 0.2) is 59.8 Å². The van der Waals surface area contributed by atoms with Gasteiger partial charge in [0.15, 0.2) is 11.0 Å². The monoisotopic (exact) mass is 438 g/mol. The zero-order chi connectivity index (χ0) is 21.5. The molecule has 31 heavy (non-hydrogen) atoms. The lowest BCUT2D eigenvalue weighted by molar-refractivity contribution is -0.119. The van der Waals surface area contributed by atoms with Gasteiger partial charge in [0.1, 0.15) is 12.4 Å². The number of para-hydroxylation sites is 2. The third-order valence-corrected chi connectivity index (χ3v) is 5.98. The van der Waals surface area contributed by atoms with Gasteiger partial charge in [0.2, 0.25) is 5.91 Å². The molecule has 162 valence electrons. The molecule has 1 aromatic heterocycles. The molecule has 1 aliphatic rings. The van der Waals surface area contributed by atoms with Crippen molar-refractivity contribution in [3.8, 4) is 11.4 Å². The van der Waals surface area contributed by atoms with Crippen molar-refractivity contribution in [2.75, 3.05) is 18.9 Å². The van der Waals surface area contributed by atoms with Crippen molar-refractivity contribution in [1.29, 1.82) is 0 Å². The fraction of sp³-hybridized carbons (Fsp3) is 0.348. The number of thioether (sulfide) groups is 1. The van der Waals surface area contributed by atoms with Crippen LogP contribution in [0.5, 0.6) is 5.75 Å². The second-order valence-electron chi connectivity index (χ2n) is 7.35. The standard InChI is InChI=1S/C23H26N4O3S/c1-17-8-5-6-12-20(17)30-15-21-25-26-23(27(21)18-9-3-2-4-10-18)31-16-22(28)24-14-19-11-7-13-29-19/h2-6,8-10,12,19H,7,11,13-16H2,1H3,(H,24,28)/t19-/m1/s1. The van der Waals surface area contributed by atoms with Gasteiger partial charge in [0.05, 0.1) is 11.9 Å². The summed E-state index contributed by atoms with van der Waals surface area (Å²) in [5.41, 5.74) is 1.99. The molecule has 2 heterocycles. The van der Waals surface area contributed by atoms with Crippen LogP contribution in [0.1, 0.15) is 24.2 Å². The fourth-order valence-electron chi connectivity index (χ4n) is 3.40. The molecule has 1 saturated heterocycles. The normalized spacial score (nSPS) is 15.7. The maximum absolute atomic E-state index is 12.3. The molecule has 0 radical (unpaired) electrons. The number of ether oxygens (including phenoxy) is 2. The van der Waals surface area contributed by atoms with Crippen molar-refractivity contribution in [2.24, 2.45) is 0 Å². The highest BCUT2D eigenvalue weighted by Gasteiger charge is 2.19. The van der Waals surface area contributed by atoms with E-state index in [4.69, 9.17) is 9.47 Å². The first-order valence-corrected chi connectivity index (χ1v) is 11.4. The second kappa shape index (κ2) is 10.5. The number of carbonyl (C=O) groups excluding carboxylic acids is 1. The highest BCUT2D eigenvalue weighted by molar-refractivity contribution is 7.99. The van der Waals surface area contributed by atoms with Gasteiger partial charge in [-0.1, -0.05) is 48.2 Å². The summed E-state index contributed by atoms with van der Waals surface area (Å²) in [6.45, 7) is 3.62. The quantitative estimate of drug-likeness (QED) is 0.515. The molecular weight excluding hydrogens is 412 g/mol. The summed E-state index contributed by atoms with van der Waals surface area (Å²) in [5, 5.41) is 12.3. The van der Waals surface area contributed by atoms with Crippen LogP contribution in [-0.2, 0) is 16.1 Å². The topological polar surface area (TPSA) is 78.3 Å². The van der Waals surface area contributed by atoms with E-state index in [0.717, 1.165) is 36.4 Å². The van der Waals surface area contributed by atoms with E-state index in [-0.39, 0.29) is 24.4 Å². The van der Waals surface area contributed by atoms with E-state index in [2.05, 4.69) is 15.5 Å². The lowest BCUT2D eigenvalue weighted by Gasteiger charge is -2.13. The highest BCUT2D eigenvalue weighted by Crippen LogP contribution is 2.24. The van der Waals surface area contributed by atoms with E-state index in [1.165, 1.54) is 11.8 Å². The Morgan fingerprint density at radius 2 is 2.00 bits per heavy atom. The Bertz CT molecular complexity index is 1000. The first-order valence-electron chi connectivity index (χ1n) is 10.4. The van der Waals surface area contributed by atoms with Crippen molar-refractivity contribution in [3.63, 3.8) is 0 Å². The van der Waals surface area contributed by atoms with Gasteiger partial charge >= 0.3 is 0 Å². The lowest BCUT2D eigenvalue weighted by atomic mass is 10.2. The van der Waals surface area contributed by atoms with Crippen LogP contribution in [0.25, 0.3) is 5.69 Å². The number of benzene rings is 2. The highest BCUT2D eigenvalue weighted by atomic mass is 32.2. The number of hydrogen-bond donors (Lipinski definition) is 1. The average Bonchev–Trinajstić information content (AvgIpc) is 3.46. The van der Waals surface area contributed by atoms with Crippen molar-refractivity contribution in [1.82, 2.24) is 20.1 Å². The zero-order valence-corrected chi connectivity index (χ0v) is 18.3. The Hall–Kier alpha value is -2.84. The summed E-state index contributed by atoms with van der Waals surface area (Å²) in [4.78, 5) is 12.3. The number of rotatable bonds is 9. The molecule has 4 rings (SSSR count). The summed E-state index contributed by atoms with van der Waals surface area (Å²) in [5.74, 6) is 1.71. The molecule has 3 aromatic rings.